The third-order valence-electron chi connectivity index (χ3n) is 3.92. The number of unbranched alkanes of at least 4 members (excludes halogenated alkanes) is 3. The standard InChI is InChI=1S/C20H25N3O2/c21-17-12-7-8-13-18(17)23-20(25)22-15-9-2-1-6-14-19(24)16-10-4-3-5-11-16/h3-5,7-8,10-13H,1-2,6,9,14-15,21H2,(H2,22,23,25). The predicted molar refractivity (Wildman–Crippen MR) is 102 cm³/mol. The Balaban J connectivity index is 1.53. The molecule has 0 atom stereocenters. The average molecular weight is 339 g/mol. The first-order chi connectivity index (χ1) is 12.2. The minimum absolute atomic E-state index is 0.193. The number of carbonyl (C=O) groups excluding carboxylic acids is 2. The van der Waals surface area contributed by atoms with Gasteiger partial charge in [-0.05, 0) is 25.0 Å². The highest BCUT2D eigenvalue weighted by Crippen LogP contribution is 2.16. The summed E-state index contributed by atoms with van der Waals surface area (Å²) < 4.78 is 0. The number of hydrogen-bond donors (Lipinski definition) is 3. The van der Waals surface area contributed by atoms with Crippen molar-refractivity contribution in [2.45, 2.75) is 32.1 Å². The van der Waals surface area contributed by atoms with Crippen LogP contribution in [0.5, 0.6) is 0 Å². The highest BCUT2D eigenvalue weighted by Gasteiger charge is 2.05. The molecule has 0 aliphatic heterocycles. The second kappa shape index (κ2) is 10.1. The van der Waals surface area contributed by atoms with Crippen molar-refractivity contribution < 1.29 is 9.59 Å². The van der Waals surface area contributed by atoms with E-state index in [9.17, 15) is 9.59 Å². The maximum Gasteiger partial charge on any atom is 0.319 e. The number of hydrogen-bond acceptors (Lipinski definition) is 3. The molecule has 5 heteroatoms. The van der Waals surface area contributed by atoms with E-state index in [0.29, 0.717) is 24.3 Å². The number of Topliss-reactive ketones (excluding diaryl/α,β-unsaturated/α-hetero) is 1. The molecule has 4 N–H and O–H groups in total. The third kappa shape index (κ3) is 6.67. The number of carbonyl (C=O) groups is 2. The Labute approximate surface area is 148 Å². The molecule has 0 heterocycles. The summed E-state index contributed by atoms with van der Waals surface area (Å²) >= 11 is 0. The lowest BCUT2D eigenvalue weighted by Crippen LogP contribution is -2.29. The van der Waals surface area contributed by atoms with Crippen LogP contribution >= 0.6 is 0 Å². The summed E-state index contributed by atoms with van der Waals surface area (Å²) in [5.74, 6) is 0.193. The largest absolute Gasteiger partial charge is 0.397 e. The van der Waals surface area contributed by atoms with Gasteiger partial charge in [-0.3, -0.25) is 4.79 Å². The molecule has 0 bridgehead atoms. The van der Waals surface area contributed by atoms with Crippen molar-refractivity contribution in [1.82, 2.24) is 5.32 Å². The number of para-hydroxylation sites is 2. The molecule has 0 spiro atoms. The van der Waals surface area contributed by atoms with E-state index < -0.39 is 0 Å². The van der Waals surface area contributed by atoms with Gasteiger partial charge in [-0.1, -0.05) is 55.3 Å². The number of benzene rings is 2. The first-order valence-corrected chi connectivity index (χ1v) is 8.64. The number of nitrogen functional groups attached to an aromatic ring is 1. The molecule has 2 aromatic carbocycles. The van der Waals surface area contributed by atoms with Crippen molar-refractivity contribution >= 4 is 23.2 Å². The maximum absolute atomic E-state index is 11.9. The number of ketones is 1. The normalized spacial score (nSPS) is 10.2. The molecule has 0 aromatic heterocycles. The summed E-state index contributed by atoms with van der Waals surface area (Å²) in [5, 5.41) is 5.54. The van der Waals surface area contributed by atoms with Crippen LogP contribution in [0.3, 0.4) is 0 Å². The van der Waals surface area contributed by atoms with Crippen LogP contribution in [0.1, 0.15) is 42.5 Å². The van der Waals surface area contributed by atoms with Gasteiger partial charge in [-0.25, -0.2) is 4.79 Å². The lowest BCUT2D eigenvalue weighted by atomic mass is 10.0. The molecule has 5 nitrogen and oxygen atoms in total. The molecule has 132 valence electrons. The van der Waals surface area contributed by atoms with Crippen molar-refractivity contribution in [3.8, 4) is 0 Å². The van der Waals surface area contributed by atoms with E-state index in [1.807, 2.05) is 42.5 Å². The topological polar surface area (TPSA) is 84.2 Å². The third-order valence-corrected chi connectivity index (χ3v) is 3.92. The fourth-order valence-corrected chi connectivity index (χ4v) is 2.51. The zero-order valence-corrected chi connectivity index (χ0v) is 14.3. The molecule has 0 saturated carbocycles. The van der Waals surface area contributed by atoms with Crippen LogP contribution in [0, 0.1) is 0 Å². The molecule has 0 aliphatic carbocycles. The molecular weight excluding hydrogens is 314 g/mol. The van der Waals surface area contributed by atoms with Crippen molar-refractivity contribution in [2.24, 2.45) is 0 Å². The van der Waals surface area contributed by atoms with Gasteiger partial charge in [0.1, 0.15) is 0 Å². The molecule has 0 unspecified atom stereocenters. The quantitative estimate of drug-likeness (QED) is 0.363. The number of rotatable bonds is 9. The van der Waals surface area contributed by atoms with E-state index >= 15 is 0 Å². The summed E-state index contributed by atoms with van der Waals surface area (Å²) in [7, 11) is 0. The van der Waals surface area contributed by atoms with E-state index in [-0.39, 0.29) is 11.8 Å². The van der Waals surface area contributed by atoms with Gasteiger partial charge in [0, 0.05) is 18.5 Å². The van der Waals surface area contributed by atoms with Gasteiger partial charge in [0.25, 0.3) is 0 Å². The van der Waals surface area contributed by atoms with Gasteiger partial charge < -0.3 is 16.4 Å². The molecule has 0 saturated heterocycles. The second-order valence-corrected chi connectivity index (χ2v) is 5.92. The van der Waals surface area contributed by atoms with Crippen LogP contribution in [0.15, 0.2) is 54.6 Å². The zero-order valence-electron chi connectivity index (χ0n) is 14.3. The first-order valence-electron chi connectivity index (χ1n) is 8.64. The zero-order chi connectivity index (χ0) is 17.9. The van der Waals surface area contributed by atoms with Gasteiger partial charge in [0.05, 0.1) is 11.4 Å². The van der Waals surface area contributed by atoms with Crippen LogP contribution < -0.4 is 16.4 Å². The smallest absolute Gasteiger partial charge is 0.319 e. The van der Waals surface area contributed by atoms with Crippen molar-refractivity contribution in [1.29, 1.82) is 0 Å². The minimum atomic E-state index is -0.253. The lowest BCUT2D eigenvalue weighted by molar-refractivity contribution is 0.0979. The predicted octanol–water partition coefficient (Wildman–Crippen LogP) is 4.22. The van der Waals surface area contributed by atoms with Crippen molar-refractivity contribution in [3.63, 3.8) is 0 Å². The molecule has 0 fully saturated rings. The summed E-state index contributed by atoms with van der Waals surface area (Å²) in [6, 6.07) is 16.3. The van der Waals surface area contributed by atoms with Gasteiger partial charge in [0.15, 0.2) is 5.78 Å². The number of urea groups is 1. The maximum atomic E-state index is 11.9. The highest BCUT2D eigenvalue weighted by molar-refractivity contribution is 5.96. The van der Waals surface area contributed by atoms with E-state index in [1.54, 1.807) is 12.1 Å². The van der Waals surface area contributed by atoms with Crippen LogP contribution in [0.2, 0.25) is 0 Å². The van der Waals surface area contributed by atoms with Crippen LogP contribution in [-0.4, -0.2) is 18.4 Å². The summed E-state index contributed by atoms with van der Waals surface area (Å²) in [6.07, 6.45) is 4.30. The Kier molecular flexibility index (Phi) is 7.50. The van der Waals surface area contributed by atoms with E-state index in [4.69, 9.17) is 5.73 Å². The molecule has 0 radical (unpaired) electrons. The molecule has 2 amide bonds. The number of nitrogens with one attached hydrogen (secondary N) is 2. The summed E-state index contributed by atoms with van der Waals surface area (Å²) in [6.45, 7) is 0.602. The van der Waals surface area contributed by atoms with Gasteiger partial charge in [-0.15, -0.1) is 0 Å². The van der Waals surface area contributed by atoms with E-state index in [1.165, 1.54) is 0 Å². The van der Waals surface area contributed by atoms with Crippen molar-refractivity contribution in [2.75, 3.05) is 17.6 Å². The SMILES string of the molecule is Nc1ccccc1NC(=O)NCCCCCCC(=O)c1ccccc1. The Morgan fingerprint density at radius 1 is 0.840 bits per heavy atom. The minimum Gasteiger partial charge on any atom is -0.397 e. The van der Waals surface area contributed by atoms with Crippen LogP contribution in [0.25, 0.3) is 0 Å². The van der Waals surface area contributed by atoms with Crippen LogP contribution in [0.4, 0.5) is 16.2 Å². The Hall–Kier alpha value is -2.82. The Morgan fingerprint density at radius 2 is 1.52 bits per heavy atom. The second-order valence-electron chi connectivity index (χ2n) is 5.92. The molecule has 25 heavy (non-hydrogen) atoms. The molecule has 2 rings (SSSR count). The fraction of sp³-hybridized carbons (Fsp3) is 0.300. The monoisotopic (exact) mass is 339 g/mol. The first kappa shape index (κ1) is 18.5. The molecule has 2 aromatic rings. The lowest BCUT2D eigenvalue weighted by Gasteiger charge is -2.09. The van der Waals surface area contributed by atoms with E-state index in [2.05, 4.69) is 10.6 Å². The Bertz CT molecular complexity index is 686. The summed E-state index contributed by atoms with van der Waals surface area (Å²) in [5.41, 5.74) is 7.71. The van der Waals surface area contributed by atoms with E-state index in [0.717, 1.165) is 31.2 Å². The number of anilines is 2. The van der Waals surface area contributed by atoms with Gasteiger partial charge in [0.2, 0.25) is 0 Å². The van der Waals surface area contributed by atoms with Gasteiger partial charge in [-0.2, -0.15) is 0 Å². The molecule has 0 aliphatic rings. The van der Waals surface area contributed by atoms with Crippen LogP contribution in [-0.2, 0) is 0 Å². The number of amides is 2. The summed E-state index contributed by atoms with van der Waals surface area (Å²) in [4.78, 5) is 23.7. The van der Waals surface area contributed by atoms with Gasteiger partial charge >= 0.3 is 6.03 Å². The average Bonchev–Trinajstić information content (AvgIpc) is 2.63. The number of nitrogens with two attached hydrogens (primary N) is 1. The fourth-order valence-electron chi connectivity index (χ4n) is 2.51. The van der Waals surface area contributed by atoms with Crippen molar-refractivity contribution in [3.05, 3.63) is 60.2 Å². The molecular formula is C20H25N3O2. The highest BCUT2D eigenvalue weighted by atomic mass is 16.2. The Morgan fingerprint density at radius 3 is 2.28 bits per heavy atom.